The minimum absolute atomic E-state index is 0.0425. The fraction of sp³-hybridized carbons (Fsp3) is 0.709. The molecule has 0 aliphatic rings. The highest BCUT2D eigenvalue weighted by Gasteiger charge is 2.24. The number of ether oxygens (including phenoxy) is 1. The van der Waals surface area contributed by atoms with E-state index < -0.39 is 18.2 Å². The molecule has 0 rings (SSSR count). The molecular formula is C55H95NO5. The topological polar surface area (TPSA) is 95.9 Å². The normalized spacial score (nSPS) is 14.0. The molecule has 0 aliphatic heterocycles. The van der Waals surface area contributed by atoms with E-state index in [4.69, 9.17) is 4.74 Å². The van der Waals surface area contributed by atoms with Gasteiger partial charge in [0, 0.05) is 6.42 Å². The smallest absolute Gasteiger partial charge is 0.306 e. The maximum atomic E-state index is 13.2. The van der Waals surface area contributed by atoms with E-state index in [1.807, 2.05) is 42.5 Å². The molecule has 3 N–H and O–H groups in total. The average Bonchev–Trinajstić information content (AvgIpc) is 3.25. The second kappa shape index (κ2) is 48.1. The molecule has 0 aromatic rings. The molecule has 0 aromatic carbocycles. The van der Waals surface area contributed by atoms with Crippen molar-refractivity contribution in [2.45, 2.75) is 244 Å². The van der Waals surface area contributed by atoms with E-state index in [1.165, 1.54) is 89.9 Å². The number of carbonyl (C=O) groups excluding carboxylic acids is 2. The maximum Gasteiger partial charge on any atom is 0.306 e. The number of aliphatic hydroxyl groups excluding tert-OH is 2. The summed E-state index contributed by atoms with van der Waals surface area (Å²) in [5.41, 5.74) is 0. The van der Waals surface area contributed by atoms with Gasteiger partial charge in [0.05, 0.1) is 25.2 Å². The van der Waals surface area contributed by atoms with Crippen LogP contribution in [0.5, 0.6) is 0 Å². The fourth-order valence-corrected chi connectivity index (χ4v) is 7.26. The molecule has 0 heterocycles. The molecule has 0 saturated heterocycles. The molecule has 0 aromatic heterocycles. The summed E-state index contributed by atoms with van der Waals surface area (Å²) in [7, 11) is 0. The van der Waals surface area contributed by atoms with E-state index in [-0.39, 0.29) is 24.9 Å². The number of allylic oxidation sites excluding steroid dienone is 14. The van der Waals surface area contributed by atoms with E-state index in [0.29, 0.717) is 19.3 Å². The fourth-order valence-electron chi connectivity index (χ4n) is 7.26. The van der Waals surface area contributed by atoms with E-state index in [2.05, 4.69) is 68.6 Å². The van der Waals surface area contributed by atoms with Crippen LogP contribution in [0.3, 0.4) is 0 Å². The zero-order chi connectivity index (χ0) is 44.5. The molecule has 6 heteroatoms. The van der Waals surface area contributed by atoms with E-state index in [9.17, 15) is 19.8 Å². The van der Waals surface area contributed by atoms with Gasteiger partial charge in [-0.25, -0.2) is 0 Å². The molecular weight excluding hydrogens is 755 g/mol. The molecule has 1 amide bonds. The highest BCUT2D eigenvalue weighted by atomic mass is 16.5. The summed E-state index contributed by atoms with van der Waals surface area (Å²) in [4.78, 5) is 26.1. The van der Waals surface area contributed by atoms with Crippen LogP contribution in [0.1, 0.15) is 226 Å². The van der Waals surface area contributed by atoms with Gasteiger partial charge in [-0.15, -0.1) is 0 Å². The van der Waals surface area contributed by atoms with Crippen molar-refractivity contribution in [2.24, 2.45) is 0 Å². The molecule has 0 spiro atoms. The minimum atomic E-state index is -0.805. The first kappa shape index (κ1) is 58.0. The van der Waals surface area contributed by atoms with Crippen LogP contribution >= 0.6 is 0 Å². The highest BCUT2D eigenvalue weighted by molar-refractivity contribution is 5.77. The molecule has 0 fully saturated rings. The van der Waals surface area contributed by atoms with Gasteiger partial charge < -0.3 is 20.3 Å². The maximum absolute atomic E-state index is 13.2. The third-order valence-corrected chi connectivity index (χ3v) is 11.1. The molecule has 0 aliphatic carbocycles. The third kappa shape index (κ3) is 43.5. The number of nitrogens with one attached hydrogen (secondary N) is 1. The summed E-state index contributed by atoms with van der Waals surface area (Å²) >= 11 is 0. The Morgan fingerprint density at radius 1 is 0.492 bits per heavy atom. The zero-order valence-electron chi connectivity index (χ0n) is 39.8. The Balaban J connectivity index is 4.69. The molecule has 0 radical (unpaired) electrons. The molecule has 0 saturated carbocycles. The first-order valence-corrected chi connectivity index (χ1v) is 25.4. The third-order valence-electron chi connectivity index (χ3n) is 11.1. The molecule has 61 heavy (non-hydrogen) atoms. The van der Waals surface area contributed by atoms with Gasteiger partial charge in [-0.05, 0) is 70.6 Å². The van der Waals surface area contributed by atoms with Gasteiger partial charge >= 0.3 is 5.97 Å². The van der Waals surface area contributed by atoms with Crippen molar-refractivity contribution < 1.29 is 24.5 Å². The van der Waals surface area contributed by atoms with Gasteiger partial charge in [0.1, 0.15) is 6.10 Å². The van der Waals surface area contributed by atoms with Crippen molar-refractivity contribution in [1.82, 2.24) is 5.32 Å². The second-order valence-electron chi connectivity index (χ2n) is 17.0. The van der Waals surface area contributed by atoms with Gasteiger partial charge in [-0.1, -0.05) is 228 Å². The number of amides is 1. The van der Waals surface area contributed by atoms with Crippen molar-refractivity contribution in [1.29, 1.82) is 0 Å². The van der Waals surface area contributed by atoms with Gasteiger partial charge in [-0.2, -0.15) is 0 Å². The molecule has 350 valence electrons. The molecule has 0 bridgehead atoms. The molecule has 3 unspecified atom stereocenters. The van der Waals surface area contributed by atoms with Crippen LogP contribution in [0, 0.1) is 0 Å². The van der Waals surface area contributed by atoms with Crippen LogP contribution in [0.2, 0.25) is 0 Å². The first-order chi connectivity index (χ1) is 30.0. The van der Waals surface area contributed by atoms with Gasteiger partial charge in [0.15, 0.2) is 0 Å². The Morgan fingerprint density at radius 2 is 0.885 bits per heavy atom. The van der Waals surface area contributed by atoms with E-state index in [1.54, 1.807) is 0 Å². The lowest BCUT2D eigenvalue weighted by Gasteiger charge is -2.24. The van der Waals surface area contributed by atoms with Gasteiger partial charge in [-0.3, -0.25) is 9.59 Å². The van der Waals surface area contributed by atoms with Crippen molar-refractivity contribution in [3.05, 3.63) is 85.1 Å². The number of aliphatic hydroxyl groups is 2. The lowest BCUT2D eigenvalue weighted by molar-refractivity contribution is -0.151. The monoisotopic (exact) mass is 850 g/mol. The Hall–Kier alpha value is -2.96. The standard InChI is InChI=1S/C55H95NO5/c1-4-7-10-13-16-19-22-25-27-30-33-36-39-42-45-48-55(60)61-51(46-43-40-37-34-31-28-24-21-18-15-12-9-6-3)49-54(59)56-52(50-57)53(58)47-44-41-38-35-32-29-26-23-20-17-14-11-8-5-2/h7,10,13,16,18-19,21-22,24-25,27-28,30,33,51-53,57-58H,4-6,8-9,11-12,14-15,17,20,23,26,29,31-32,34-50H2,1-3H3,(H,56,59)/b10-7+,16-13+,21-18+,22-19-,27-25-,28-24+,33-30+. The highest BCUT2D eigenvalue weighted by Crippen LogP contribution is 2.17. The van der Waals surface area contributed by atoms with Crippen LogP contribution in [0.25, 0.3) is 0 Å². The lowest BCUT2D eigenvalue weighted by atomic mass is 10.0. The molecule has 3 atom stereocenters. The van der Waals surface area contributed by atoms with Crippen LogP contribution in [-0.4, -0.2) is 46.9 Å². The largest absolute Gasteiger partial charge is 0.462 e. The van der Waals surface area contributed by atoms with E-state index >= 15 is 0 Å². The summed E-state index contributed by atoms with van der Waals surface area (Å²) < 4.78 is 5.90. The first-order valence-electron chi connectivity index (χ1n) is 25.4. The van der Waals surface area contributed by atoms with Crippen LogP contribution < -0.4 is 5.32 Å². The summed E-state index contributed by atoms with van der Waals surface area (Å²) in [6.07, 6.45) is 62.0. The SMILES string of the molecule is CC/C=C/C=C/C=C\C=C/C=C/CCCCCC(=O)OC(CCCCCC/C=C/C=C/CCCCC)CC(=O)NC(CO)C(O)CCCCCCCCCCCCCCCC. The van der Waals surface area contributed by atoms with Gasteiger partial charge in [0.2, 0.25) is 5.91 Å². The Morgan fingerprint density at radius 3 is 1.39 bits per heavy atom. The average molecular weight is 850 g/mol. The Labute approximate surface area is 376 Å². The van der Waals surface area contributed by atoms with Crippen LogP contribution in [0.4, 0.5) is 0 Å². The minimum Gasteiger partial charge on any atom is -0.462 e. The summed E-state index contributed by atoms with van der Waals surface area (Å²) in [6, 6.07) is -0.721. The second-order valence-corrected chi connectivity index (χ2v) is 17.0. The number of carbonyl (C=O) groups is 2. The van der Waals surface area contributed by atoms with Crippen molar-refractivity contribution in [3.63, 3.8) is 0 Å². The number of unbranched alkanes of at least 4 members (excludes halogenated alkanes) is 23. The number of rotatable bonds is 44. The van der Waals surface area contributed by atoms with Crippen molar-refractivity contribution in [2.75, 3.05) is 6.61 Å². The quantitative estimate of drug-likeness (QED) is 0.0322. The summed E-state index contributed by atoms with van der Waals surface area (Å²) in [6.45, 7) is 6.29. The van der Waals surface area contributed by atoms with E-state index in [0.717, 1.165) is 89.9 Å². The predicted molar refractivity (Wildman–Crippen MR) is 264 cm³/mol. The summed E-state index contributed by atoms with van der Waals surface area (Å²) in [5, 5.41) is 23.8. The summed E-state index contributed by atoms with van der Waals surface area (Å²) in [5.74, 6) is -0.548. The number of hydrogen-bond acceptors (Lipinski definition) is 5. The number of hydrogen-bond donors (Lipinski definition) is 3. The molecule has 6 nitrogen and oxygen atoms in total. The lowest BCUT2D eigenvalue weighted by Crippen LogP contribution is -2.46. The zero-order valence-corrected chi connectivity index (χ0v) is 39.8. The Kier molecular flexibility index (Phi) is 45.7. The van der Waals surface area contributed by atoms with Crippen molar-refractivity contribution >= 4 is 11.9 Å². The van der Waals surface area contributed by atoms with Crippen molar-refractivity contribution in [3.8, 4) is 0 Å². The van der Waals surface area contributed by atoms with Gasteiger partial charge in [0.25, 0.3) is 0 Å². The van der Waals surface area contributed by atoms with Crippen LogP contribution in [0.15, 0.2) is 85.1 Å². The van der Waals surface area contributed by atoms with Crippen LogP contribution in [-0.2, 0) is 14.3 Å². The Bertz CT molecular complexity index is 1180. The predicted octanol–water partition coefficient (Wildman–Crippen LogP) is 15.2. The number of esters is 1.